The van der Waals surface area contributed by atoms with Gasteiger partial charge in [-0.3, -0.25) is 4.79 Å². The van der Waals surface area contributed by atoms with Crippen molar-refractivity contribution in [2.75, 3.05) is 6.61 Å². The molecular formula is C35H56O7. The number of hydrogen-bond donors (Lipinski definition) is 4. The third-order valence-electron chi connectivity index (χ3n) is 14.8. The van der Waals surface area contributed by atoms with Gasteiger partial charge in [0, 0.05) is 0 Å². The van der Waals surface area contributed by atoms with Crippen molar-refractivity contribution in [3.63, 3.8) is 0 Å². The molecule has 12 atom stereocenters. The number of carboxylic acids is 1. The molecule has 4 saturated carbocycles. The first-order valence-corrected chi connectivity index (χ1v) is 16.7. The van der Waals surface area contributed by atoms with E-state index in [1.54, 1.807) is 0 Å². The largest absolute Gasteiger partial charge is 0.481 e. The predicted octanol–water partition coefficient (Wildman–Crippen LogP) is 5.70. The molecule has 0 spiro atoms. The molecule has 1 aliphatic heterocycles. The Morgan fingerprint density at radius 1 is 0.881 bits per heavy atom. The Hall–Kier alpha value is -0.990. The minimum atomic E-state index is -1.27. The van der Waals surface area contributed by atoms with E-state index in [2.05, 4.69) is 54.5 Å². The summed E-state index contributed by atoms with van der Waals surface area (Å²) in [6.07, 6.45) is 7.38. The van der Waals surface area contributed by atoms with Crippen molar-refractivity contribution < 1.29 is 34.7 Å². The van der Waals surface area contributed by atoms with Crippen molar-refractivity contribution in [1.82, 2.24) is 0 Å². The van der Waals surface area contributed by atoms with E-state index in [4.69, 9.17) is 9.47 Å². The predicted molar refractivity (Wildman–Crippen MR) is 159 cm³/mol. The van der Waals surface area contributed by atoms with Gasteiger partial charge < -0.3 is 29.9 Å². The van der Waals surface area contributed by atoms with Gasteiger partial charge >= 0.3 is 5.97 Å². The van der Waals surface area contributed by atoms with Gasteiger partial charge in [-0.2, -0.15) is 0 Å². The maximum atomic E-state index is 12.9. The van der Waals surface area contributed by atoms with E-state index in [9.17, 15) is 25.2 Å². The van der Waals surface area contributed by atoms with Gasteiger partial charge in [0.1, 0.15) is 18.3 Å². The van der Waals surface area contributed by atoms with Crippen LogP contribution >= 0.6 is 0 Å². The Balaban J connectivity index is 1.30. The van der Waals surface area contributed by atoms with E-state index < -0.39 is 36.0 Å². The summed E-state index contributed by atoms with van der Waals surface area (Å²) in [5.41, 5.74) is 1.05. The molecule has 7 nitrogen and oxygen atoms in total. The highest BCUT2D eigenvalue weighted by atomic mass is 16.7. The maximum absolute atomic E-state index is 12.9. The molecular weight excluding hydrogens is 532 g/mol. The Labute approximate surface area is 252 Å². The fraction of sp³-hybridized carbons (Fsp3) is 0.914. The molecule has 6 aliphatic rings. The molecule has 1 heterocycles. The third-order valence-corrected chi connectivity index (χ3v) is 14.8. The first-order chi connectivity index (χ1) is 19.4. The summed E-state index contributed by atoms with van der Waals surface area (Å²) in [6.45, 7) is 16.8. The topological polar surface area (TPSA) is 116 Å². The first-order valence-electron chi connectivity index (χ1n) is 16.7. The lowest BCUT2D eigenvalue weighted by atomic mass is 9.33. The number of allylic oxidation sites excluding steroid dienone is 2. The number of rotatable bonds is 3. The van der Waals surface area contributed by atoms with Gasteiger partial charge in [-0.1, -0.05) is 60.1 Å². The monoisotopic (exact) mass is 588 g/mol. The smallest absolute Gasteiger partial charge is 0.310 e. The summed E-state index contributed by atoms with van der Waals surface area (Å²) in [6, 6.07) is 0. The fourth-order valence-corrected chi connectivity index (χ4v) is 11.9. The zero-order valence-electron chi connectivity index (χ0n) is 27.0. The van der Waals surface area contributed by atoms with Crippen molar-refractivity contribution >= 4 is 5.97 Å². The summed E-state index contributed by atoms with van der Waals surface area (Å²) in [7, 11) is 0. The fourth-order valence-electron chi connectivity index (χ4n) is 11.9. The number of carboxylic acid groups (broad SMARTS) is 1. The molecule has 42 heavy (non-hydrogen) atoms. The Kier molecular flexibility index (Phi) is 7.20. The molecule has 238 valence electrons. The van der Waals surface area contributed by atoms with Crippen molar-refractivity contribution in [2.24, 2.45) is 50.2 Å². The number of hydrogen-bond acceptors (Lipinski definition) is 6. The summed E-state index contributed by atoms with van der Waals surface area (Å²) in [5.74, 6) is 0.465. The molecule has 5 aliphatic carbocycles. The number of aliphatic hydroxyl groups excluding tert-OH is 3. The van der Waals surface area contributed by atoms with Gasteiger partial charge in [0.2, 0.25) is 0 Å². The zero-order valence-corrected chi connectivity index (χ0v) is 27.0. The summed E-state index contributed by atoms with van der Waals surface area (Å²) in [5, 5.41) is 41.3. The van der Waals surface area contributed by atoms with Crippen LogP contribution in [0, 0.1) is 50.2 Å². The van der Waals surface area contributed by atoms with E-state index >= 15 is 0 Å². The average Bonchev–Trinajstić information content (AvgIpc) is 2.90. The molecule has 0 amide bonds. The van der Waals surface area contributed by atoms with Crippen molar-refractivity contribution in [2.45, 2.75) is 143 Å². The molecule has 0 aromatic rings. The van der Waals surface area contributed by atoms with Crippen LogP contribution in [0.5, 0.6) is 0 Å². The van der Waals surface area contributed by atoms with Crippen LogP contribution in [0.25, 0.3) is 0 Å². The SMILES string of the molecule is CC1(C)CC[C@]2(C(=O)O)CC[C@]3(C)C(=CC[C@@H]4[C@@]5(C)CC[C@H](O[C@@H]6OC[C@H](O)[C@H](O)[C@H]6O)C(C)(C)[C@@H]5CC[C@]43C)[C@@H]2C1. The summed E-state index contributed by atoms with van der Waals surface area (Å²) < 4.78 is 12.1. The van der Waals surface area contributed by atoms with Crippen LogP contribution in [0.1, 0.15) is 113 Å². The molecule has 6 rings (SSSR count). The van der Waals surface area contributed by atoms with Crippen LogP contribution in [0.2, 0.25) is 0 Å². The number of ether oxygens (including phenoxy) is 2. The van der Waals surface area contributed by atoms with Crippen LogP contribution in [0.3, 0.4) is 0 Å². The van der Waals surface area contributed by atoms with E-state index in [0.717, 1.165) is 64.2 Å². The number of aliphatic hydroxyl groups is 3. The second kappa shape index (κ2) is 9.75. The van der Waals surface area contributed by atoms with Gasteiger partial charge in [0.25, 0.3) is 0 Å². The first kappa shape index (κ1) is 31.0. The van der Waals surface area contributed by atoms with E-state index in [-0.39, 0.29) is 45.7 Å². The number of aliphatic carboxylic acids is 1. The van der Waals surface area contributed by atoms with Gasteiger partial charge in [0.05, 0.1) is 18.1 Å². The second-order valence-electron chi connectivity index (χ2n) is 17.4. The van der Waals surface area contributed by atoms with Crippen LogP contribution < -0.4 is 0 Å². The van der Waals surface area contributed by atoms with E-state index in [1.807, 2.05) is 0 Å². The van der Waals surface area contributed by atoms with Crippen LogP contribution in [0.4, 0.5) is 0 Å². The van der Waals surface area contributed by atoms with Gasteiger partial charge in [-0.25, -0.2) is 0 Å². The standard InChI is InChI=1S/C35H56O7/c1-30(2)14-16-35(29(39)40)17-15-33(6)20(21(35)18-30)8-9-24-32(5)12-11-25(31(3,4)23(32)10-13-34(24,33)7)42-28-27(38)26(37)22(36)19-41-28/h8,21-28,36-38H,9-19H2,1-7H3,(H,39,40)/t21-,22-,23-,24+,25-,26-,27+,28-,32-,33+,34+,35-/m0/s1. The zero-order chi connectivity index (χ0) is 30.7. The highest BCUT2D eigenvalue weighted by molar-refractivity contribution is 5.76. The lowest BCUT2D eigenvalue weighted by molar-refractivity contribution is -0.308. The molecule has 7 heteroatoms. The van der Waals surface area contributed by atoms with Gasteiger partial charge in [-0.15, -0.1) is 0 Å². The van der Waals surface area contributed by atoms with E-state index in [1.165, 1.54) is 5.57 Å². The third kappa shape index (κ3) is 4.12. The maximum Gasteiger partial charge on any atom is 0.310 e. The molecule has 0 radical (unpaired) electrons. The van der Waals surface area contributed by atoms with Crippen LogP contribution in [-0.4, -0.2) is 63.7 Å². The lowest BCUT2D eigenvalue weighted by Crippen LogP contribution is -2.65. The van der Waals surface area contributed by atoms with Gasteiger partial charge in [0.15, 0.2) is 6.29 Å². The molecule has 0 bridgehead atoms. The molecule has 0 aromatic carbocycles. The number of fused-ring (bicyclic) bond motifs is 7. The molecule has 4 N–H and O–H groups in total. The molecule has 0 aromatic heterocycles. The molecule has 5 fully saturated rings. The number of carbonyl (C=O) groups is 1. The summed E-state index contributed by atoms with van der Waals surface area (Å²) >= 11 is 0. The molecule has 0 unspecified atom stereocenters. The van der Waals surface area contributed by atoms with Crippen LogP contribution in [-0.2, 0) is 14.3 Å². The Morgan fingerprint density at radius 2 is 1.57 bits per heavy atom. The van der Waals surface area contributed by atoms with Gasteiger partial charge in [-0.05, 0) is 109 Å². The van der Waals surface area contributed by atoms with E-state index in [0.29, 0.717) is 11.8 Å². The minimum Gasteiger partial charge on any atom is -0.481 e. The molecule has 1 saturated heterocycles. The Bertz CT molecular complexity index is 1130. The quantitative estimate of drug-likeness (QED) is 0.247. The van der Waals surface area contributed by atoms with Crippen LogP contribution in [0.15, 0.2) is 11.6 Å². The normalized spacial score (nSPS) is 53.0. The highest BCUT2D eigenvalue weighted by Gasteiger charge is 2.69. The minimum absolute atomic E-state index is 0.00452. The Morgan fingerprint density at radius 3 is 2.26 bits per heavy atom. The average molecular weight is 589 g/mol. The summed E-state index contributed by atoms with van der Waals surface area (Å²) in [4.78, 5) is 12.9. The van der Waals surface area contributed by atoms with Crippen molar-refractivity contribution in [3.8, 4) is 0 Å². The van der Waals surface area contributed by atoms with Crippen molar-refractivity contribution in [3.05, 3.63) is 11.6 Å². The lowest BCUT2D eigenvalue weighted by Gasteiger charge is -2.71. The second-order valence-corrected chi connectivity index (χ2v) is 17.4. The van der Waals surface area contributed by atoms with Crippen molar-refractivity contribution in [1.29, 1.82) is 0 Å². The highest BCUT2D eigenvalue weighted by Crippen LogP contribution is 2.75.